The van der Waals surface area contributed by atoms with Gasteiger partial charge >= 0.3 is 0 Å². The van der Waals surface area contributed by atoms with E-state index in [2.05, 4.69) is 4.99 Å². The zero-order valence-corrected chi connectivity index (χ0v) is 18.3. The van der Waals surface area contributed by atoms with Crippen molar-refractivity contribution in [1.82, 2.24) is 4.98 Å². The number of phenolic OH excluding ortho intramolecular Hbond substituents is 1. The molecule has 0 saturated carbocycles. The fraction of sp³-hybridized carbons (Fsp3) is 0. The predicted molar refractivity (Wildman–Crippen MR) is 132 cm³/mol. The number of nitro groups is 1. The molecule has 0 aliphatic heterocycles. The number of nitro benzene ring substituents is 1. The Hall–Kier alpha value is -4.56. The predicted octanol–water partition coefficient (Wildman–Crippen LogP) is 6.71. The number of hydrogen-bond acceptors (Lipinski definition) is 7. The average Bonchev–Trinajstić information content (AvgIpc) is 3.28. The van der Waals surface area contributed by atoms with E-state index in [4.69, 9.17) is 9.40 Å². The van der Waals surface area contributed by atoms with Crippen molar-refractivity contribution in [1.29, 1.82) is 0 Å². The second kappa shape index (κ2) is 7.79. The van der Waals surface area contributed by atoms with Gasteiger partial charge in [-0.05, 0) is 41.1 Å². The first-order valence-corrected chi connectivity index (χ1v) is 11.2. The van der Waals surface area contributed by atoms with Gasteiger partial charge in [-0.25, -0.2) is 9.98 Å². The van der Waals surface area contributed by atoms with Crippen LogP contribution in [0.2, 0.25) is 0 Å². The maximum absolute atomic E-state index is 11.0. The molecule has 4 aromatic carbocycles. The van der Waals surface area contributed by atoms with Crippen LogP contribution < -0.4 is 5.55 Å². The van der Waals surface area contributed by atoms with Gasteiger partial charge in [0, 0.05) is 11.5 Å². The van der Waals surface area contributed by atoms with Crippen molar-refractivity contribution in [3.8, 4) is 16.3 Å². The summed E-state index contributed by atoms with van der Waals surface area (Å²) in [4.78, 5) is 19.8. The number of aromatic nitrogens is 1. The van der Waals surface area contributed by atoms with Crippen LogP contribution in [-0.4, -0.2) is 15.0 Å². The van der Waals surface area contributed by atoms with Gasteiger partial charge in [0.2, 0.25) is 5.55 Å². The lowest BCUT2D eigenvalue weighted by molar-refractivity contribution is -0.384. The Morgan fingerprint density at radius 3 is 2.59 bits per heavy atom. The molecule has 0 spiro atoms. The summed E-state index contributed by atoms with van der Waals surface area (Å²) in [6.45, 7) is 0. The van der Waals surface area contributed by atoms with E-state index >= 15 is 0 Å². The molecule has 164 valence electrons. The van der Waals surface area contributed by atoms with Crippen molar-refractivity contribution >= 4 is 54.7 Å². The average molecular weight is 465 g/mol. The van der Waals surface area contributed by atoms with E-state index in [1.54, 1.807) is 0 Å². The molecule has 0 atom stereocenters. The molecule has 2 heterocycles. The van der Waals surface area contributed by atoms with Gasteiger partial charge in [0.1, 0.15) is 22.0 Å². The Morgan fingerprint density at radius 2 is 1.76 bits per heavy atom. The molecule has 1 N–H and O–H groups in total. The van der Waals surface area contributed by atoms with Gasteiger partial charge in [-0.15, -0.1) is 11.3 Å². The first kappa shape index (κ1) is 20.1. The number of thiazole rings is 1. The van der Waals surface area contributed by atoms with E-state index in [9.17, 15) is 15.2 Å². The first-order chi connectivity index (χ1) is 16.6. The number of rotatable bonds is 3. The molecule has 2 aromatic heterocycles. The van der Waals surface area contributed by atoms with E-state index < -0.39 is 4.92 Å². The van der Waals surface area contributed by atoms with Crippen molar-refractivity contribution in [3.63, 3.8) is 0 Å². The minimum atomic E-state index is -0.568. The fourth-order valence-electron chi connectivity index (χ4n) is 3.93. The molecule has 0 amide bonds. The number of nitrogens with zero attached hydrogens (tertiary/aromatic N) is 3. The zero-order chi connectivity index (χ0) is 23.2. The van der Waals surface area contributed by atoms with Crippen molar-refractivity contribution < 1.29 is 14.4 Å². The summed E-state index contributed by atoms with van der Waals surface area (Å²) in [5, 5.41) is 25.2. The fourth-order valence-corrected chi connectivity index (χ4v) is 4.91. The summed E-state index contributed by atoms with van der Waals surface area (Å²) < 4.78 is 7.27. The minimum Gasteiger partial charge on any atom is -0.505 e. The summed E-state index contributed by atoms with van der Waals surface area (Å²) in [7, 11) is 0. The summed E-state index contributed by atoms with van der Waals surface area (Å²) in [5.41, 5.74) is 2.36. The van der Waals surface area contributed by atoms with E-state index in [0.29, 0.717) is 11.1 Å². The number of para-hydroxylation sites is 1. The quantitative estimate of drug-likeness (QED) is 0.178. The Labute approximate surface area is 196 Å². The van der Waals surface area contributed by atoms with Gasteiger partial charge in [-0.2, -0.15) is 0 Å². The van der Waals surface area contributed by atoms with Crippen LogP contribution in [0.3, 0.4) is 0 Å². The highest BCUT2D eigenvalue weighted by Crippen LogP contribution is 2.34. The normalized spacial score (nSPS) is 12.1. The van der Waals surface area contributed by atoms with Gasteiger partial charge in [0.05, 0.1) is 26.8 Å². The number of aromatic hydroxyl groups is 1. The molecule has 0 aliphatic rings. The molecule has 7 nitrogen and oxygen atoms in total. The molecule has 0 aliphatic carbocycles. The Bertz CT molecular complexity index is 1790. The highest BCUT2D eigenvalue weighted by Gasteiger charge is 2.15. The molecule has 0 fully saturated rings. The third-order valence-corrected chi connectivity index (χ3v) is 6.64. The topological polar surface area (TPSA) is 102 Å². The molecular formula is C26H15N3O4S. The maximum atomic E-state index is 11.0. The van der Waals surface area contributed by atoms with Crippen LogP contribution in [0.1, 0.15) is 0 Å². The van der Waals surface area contributed by atoms with E-state index in [1.165, 1.54) is 23.5 Å². The van der Waals surface area contributed by atoms with E-state index in [0.717, 1.165) is 37.4 Å². The summed E-state index contributed by atoms with van der Waals surface area (Å²) in [6, 6.07) is 25.5. The van der Waals surface area contributed by atoms with Crippen LogP contribution >= 0.6 is 11.3 Å². The third kappa shape index (κ3) is 3.37. The second-order valence-corrected chi connectivity index (χ2v) is 8.72. The maximum Gasteiger partial charge on any atom is 0.273 e. The third-order valence-electron chi connectivity index (χ3n) is 5.57. The highest BCUT2D eigenvalue weighted by molar-refractivity contribution is 7.21. The van der Waals surface area contributed by atoms with Gasteiger partial charge < -0.3 is 9.52 Å². The van der Waals surface area contributed by atoms with Crippen LogP contribution in [0, 0.1) is 10.1 Å². The lowest BCUT2D eigenvalue weighted by atomic mass is 10.0. The van der Waals surface area contributed by atoms with Crippen molar-refractivity contribution in [2.75, 3.05) is 0 Å². The van der Waals surface area contributed by atoms with Gasteiger partial charge in [0.25, 0.3) is 5.69 Å². The number of benzene rings is 4. The molecule has 6 rings (SSSR count). The number of fused-ring (bicyclic) bond motifs is 4. The number of non-ortho nitro benzene ring substituents is 1. The Kier molecular flexibility index (Phi) is 4.60. The van der Waals surface area contributed by atoms with Crippen LogP contribution in [0.25, 0.3) is 42.5 Å². The summed E-state index contributed by atoms with van der Waals surface area (Å²) >= 11 is 1.52. The number of hydrogen-bond donors (Lipinski definition) is 1. The van der Waals surface area contributed by atoms with Crippen molar-refractivity contribution in [2.45, 2.75) is 0 Å². The minimum absolute atomic E-state index is 0.164. The SMILES string of the molecule is O=[N+]([O-])c1ccc(N=c2oc3ccc4ccccc4c3cc2-c2nc3ccccc3s2)c(O)c1. The second-order valence-electron chi connectivity index (χ2n) is 7.69. The smallest absolute Gasteiger partial charge is 0.273 e. The molecule has 0 unspecified atom stereocenters. The molecule has 8 heteroatoms. The highest BCUT2D eigenvalue weighted by atomic mass is 32.1. The Morgan fingerprint density at radius 1 is 0.941 bits per heavy atom. The summed E-state index contributed by atoms with van der Waals surface area (Å²) in [6.07, 6.45) is 0. The van der Waals surface area contributed by atoms with Crippen molar-refractivity contribution in [3.05, 3.63) is 101 Å². The summed E-state index contributed by atoms with van der Waals surface area (Å²) in [5.74, 6) is -0.307. The molecule has 0 saturated heterocycles. The largest absolute Gasteiger partial charge is 0.505 e. The molecular weight excluding hydrogens is 450 g/mol. The standard InChI is InChI=1S/C26H15N3O4S/c30-22-13-16(29(31)32)10-11-20(22)27-25-19(26-28-21-7-3-4-8-24(21)34-26)14-18-17-6-2-1-5-15(17)9-12-23(18)33-25/h1-14,30H. The van der Waals surface area contributed by atoms with Crippen molar-refractivity contribution in [2.24, 2.45) is 4.99 Å². The molecule has 0 radical (unpaired) electrons. The lowest BCUT2D eigenvalue weighted by Crippen LogP contribution is -2.05. The van der Waals surface area contributed by atoms with E-state index in [1.807, 2.05) is 66.7 Å². The number of phenols is 1. The van der Waals surface area contributed by atoms with Gasteiger partial charge in [0.15, 0.2) is 0 Å². The van der Waals surface area contributed by atoms with Crippen LogP contribution in [0.4, 0.5) is 11.4 Å². The monoisotopic (exact) mass is 465 g/mol. The Balaban J connectivity index is 1.67. The van der Waals surface area contributed by atoms with Gasteiger partial charge in [-0.3, -0.25) is 10.1 Å². The molecule has 0 bridgehead atoms. The first-order valence-electron chi connectivity index (χ1n) is 10.4. The molecule has 34 heavy (non-hydrogen) atoms. The zero-order valence-electron chi connectivity index (χ0n) is 17.5. The van der Waals surface area contributed by atoms with E-state index in [-0.39, 0.29) is 22.7 Å². The van der Waals surface area contributed by atoms with Gasteiger partial charge in [-0.1, -0.05) is 42.5 Å². The molecule has 6 aromatic rings. The van der Waals surface area contributed by atoms with Crippen LogP contribution in [-0.2, 0) is 0 Å². The van der Waals surface area contributed by atoms with Crippen LogP contribution in [0.5, 0.6) is 5.75 Å². The lowest BCUT2D eigenvalue weighted by Gasteiger charge is -2.06. The van der Waals surface area contributed by atoms with Crippen LogP contribution in [0.15, 0.2) is 94.3 Å².